The molecule has 0 bridgehead atoms. The van der Waals surface area contributed by atoms with Crippen LogP contribution >= 0.6 is 0 Å². The van der Waals surface area contributed by atoms with Gasteiger partial charge in [-0.1, -0.05) is 6.92 Å². The van der Waals surface area contributed by atoms with Gasteiger partial charge in [0, 0.05) is 58.3 Å². The fraction of sp³-hybridized carbons (Fsp3) is 0.941. The lowest BCUT2D eigenvalue weighted by Crippen LogP contribution is -2.64. The molecule has 3 aliphatic rings. The molecule has 0 saturated carbocycles. The number of carbonyl (C=O) groups is 1. The molecule has 0 aromatic carbocycles. The van der Waals surface area contributed by atoms with E-state index in [0.29, 0.717) is 45.1 Å². The molecule has 0 aromatic rings. The van der Waals surface area contributed by atoms with Gasteiger partial charge in [-0.15, -0.1) is 0 Å². The second kappa shape index (κ2) is 7.13. The third kappa shape index (κ3) is 3.72. The van der Waals surface area contributed by atoms with E-state index >= 15 is 0 Å². The van der Waals surface area contributed by atoms with Gasteiger partial charge in [-0.3, -0.25) is 9.69 Å². The Morgan fingerprint density at radius 1 is 0.960 bits per heavy atom. The van der Waals surface area contributed by atoms with Crippen LogP contribution in [0, 0.1) is 5.92 Å². The number of hydrogen-bond acceptors (Lipinski definition) is 4. The molecule has 25 heavy (non-hydrogen) atoms. The Morgan fingerprint density at radius 2 is 1.64 bits per heavy atom. The van der Waals surface area contributed by atoms with Crippen molar-refractivity contribution >= 4 is 16.1 Å². The van der Waals surface area contributed by atoms with Gasteiger partial charge in [0.2, 0.25) is 5.91 Å². The zero-order chi connectivity index (χ0) is 18.2. The van der Waals surface area contributed by atoms with E-state index in [9.17, 15) is 13.2 Å². The molecule has 0 aromatic heterocycles. The highest BCUT2D eigenvalue weighted by atomic mass is 32.2. The molecule has 3 fully saturated rings. The van der Waals surface area contributed by atoms with Crippen molar-refractivity contribution in [3.63, 3.8) is 0 Å². The lowest BCUT2D eigenvalue weighted by molar-refractivity contribution is -0.129. The molecule has 8 heteroatoms. The summed E-state index contributed by atoms with van der Waals surface area (Å²) in [6.07, 6.45) is 3.94. The molecular formula is C17H32N4O3S. The molecule has 0 N–H and O–H groups in total. The average molecular weight is 373 g/mol. The van der Waals surface area contributed by atoms with Crippen LogP contribution in [0.1, 0.15) is 39.0 Å². The van der Waals surface area contributed by atoms with E-state index in [2.05, 4.69) is 18.9 Å². The Hall–Kier alpha value is -0.700. The maximum Gasteiger partial charge on any atom is 0.282 e. The summed E-state index contributed by atoms with van der Waals surface area (Å²) in [6, 6.07) is 0. The number of piperidine rings is 1. The van der Waals surface area contributed by atoms with Crippen molar-refractivity contribution in [2.24, 2.45) is 5.92 Å². The number of likely N-dealkylation sites (N-methyl/N-ethyl adjacent to an activating group) is 1. The summed E-state index contributed by atoms with van der Waals surface area (Å²) < 4.78 is 29.6. The van der Waals surface area contributed by atoms with Gasteiger partial charge in [0.25, 0.3) is 10.2 Å². The Labute approximate surface area is 152 Å². The van der Waals surface area contributed by atoms with E-state index in [0.717, 1.165) is 32.2 Å². The molecule has 3 heterocycles. The van der Waals surface area contributed by atoms with Crippen molar-refractivity contribution in [2.75, 3.05) is 53.4 Å². The summed E-state index contributed by atoms with van der Waals surface area (Å²) in [5.41, 5.74) is -0.227. The first-order valence-corrected chi connectivity index (χ1v) is 10.8. The molecule has 1 amide bonds. The standard InChI is InChI=1S/C17H32N4O3S/c1-15-5-9-20(10-6-15)25(23,24)21-13-12-19(3)17(14-21)7-4-16(22)18(2)11-8-17/h15H,4-14H2,1-3H3/t17-/m0/s1. The maximum atomic E-state index is 13.2. The summed E-state index contributed by atoms with van der Waals surface area (Å²) in [4.78, 5) is 16.1. The minimum Gasteiger partial charge on any atom is -0.346 e. The number of nitrogens with zero attached hydrogens (tertiary/aromatic N) is 4. The molecule has 1 spiro atoms. The van der Waals surface area contributed by atoms with Gasteiger partial charge < -0.3 is 4.90 Å². The molecule has 1 atom stereocenters. The first kappa shape index (κ1) is 19.1. The zero-order valence-corrected chi connectivity index (χ0v) is 16.6. The third-order valence-corrected chi connectivity index (χ3v) is 8.48. The quantitative estimate of drug-likeness (QED) is 0.712. The largest absolute Gasteiger partial charge is 0.346 e. The molecule has 3 saturated heterocycles. The molecule has 3 rings (SSSR count). The average Bonchev–Trinajstić information content (AvgIpc) is 2.72. The van der Waals surface area contributed by atoms with Crippen LogP contribution in [0.4, 0.5) is 0 Å². The predicted molar refractivity (Wildman–Crippen MR) is 97.3 cm³/mol. The van der Waals surface area contributed by atoms with Crippen molar-refractivity contribution in [3.8, 4) is 0 Å². The highest BCUT2D eigenvalue weighted by Crippen LogP contribution is 2.33. The number of rotatable bonds is 2. The van der Waals surface area contributed by atoms with Gasteiger partial charge in [-0.2, -0.15) is 17.0 Å². The van der Waals surface area contributed by atoms with Gasteiger partial charge in [0.15, 0.2) is 0 Å². The summed E-state index contributed by atoms with van der Waals surface area (Å²) in [7, 11) is 0.508. The van der Waals surface area contributed by atoms with Crippen LogP contribution < -0.4 is 0 Å². The van der Waals surface area contributed by atoms with Gasteiger partial charge >= 0.3 is 0 Å². The van der Waals surface area contributed by atoms with Crippen LogP contribution in [0.15, 0.2) is 0 Å². The molecule has 0 unspecified atom stereocenters. The smallest absolute Gasteiger partial charge is 0.282 e. The van der Waals surface area contributed by atoms with E-state index in [1.807, 2.05) is 7.05 Å². The minimum atomic E-state index is -3.40. The molecular weight excluding hydrogens is 340 g/mol. The van der Waals surface area contributed by atoms with E-state index in [1.165, 1.54) is 0 Å². The number of piperazine rings is 1. The van der Waals surface area contributed by atoms with Crippen molar-refractivity contribution in [3.05, 3.63) is 0 Å². The molecule has 0 aliphatic carbocycles. The van der Waals surface area contributed by atoms with Crippen molar-refractivity contribution in [1.29, 1.82) is 0 Å². The van der Waals surface area contributed by atoms with Crippen LogP contribution in [-0.2, 0) is 15.0 Å². The number of likely N-dealkylation sites (tertiary alicyclic amines) is 1. The van der Waals surface area contributed by atoms with Gasteiger partial charge in [0.05, 0.1) is 0 Å². The fourth-order valence-electron chi connectivity index (χ4n) is 4.30. The Balaban J connectivity index is 1.76. The van der Waals surface area contributed by atoms with Gasteiger partial charge in [0.1, 0.15) is 0 Å². The van der Waals surface area contributed by atoms with Crippen LogP contribution in [0.25, 0.3) is 0 Å². The monoisotopic (exact) mass is 372 g/mol. The molecule has 7 nitrogen and oxygen atoms in total. The molecule has 144 valence electrons. The summed E-state index contributed by atoms with van der Waals surface area (Å²) in [5.74, 6) is 0.768. The normalized spacial score (nSPS) is 32.3. The van der Waals surface area contributed by atoms with Crippen molar-refractivity contribution in [2.45, 2.75) is 44.6 Å². The van der Waals surface area contributed by atoms with Gasteiger partial charge in [-0.05, 0) is 38.6 Å². The second-order valence-corrected chi connectivity index (χ2v) is 10.1. The van der Waals surface area contributed by atoms with Crippen LogP contribution in [-0.4, -0.2) is 91.6 Å². The Morgan fingerprint density at radius 3 is 2.32 bits per heavy atom. The summed E-state index contributed by atoms with van der Waals surface area (Å²) in [6.45, 7) is 5.90. The van der Waals surface area contributed by atoms with E-state index in [1.54, 1.807) is 13.5 Å². The first-order chi connectivity index (χ1) is 11.7. The molecule has 3 aliphatic heterocycles. The number of amides is 1. The lowest BCUT2D eigenvalue weighted by Gasteiger charge is -2.49. The summed E-state index contributed by atoms with van der Waals surface area (Å²) >= 11 is 0. The van der Waals surface area contributed by atoms with E-state index < -0.39 is 10.2 Å². The maximum absolute atomic E-state index is 13.2. The fourth-order valence-corrected chi connectivity index (χ4v) is 6.01. The van der Waals surface area contributed by atoms with Crippen LogP contribution in [0.3, 0.4) is 0 Å². The number of carbonyl (C=O) groups excluding carboxylic acids is 1. The number of hydrogen-bond donors (Lipinski definition) is 0. The first-order valence-electron chi connectivity index (χ1n) is 9.45. The SMILES string of the molecule is CC1CCN(S(=O)(=O)N2CCN(C)[C@]3(CCC(=O)N(C)CC3)C2)CC1. The molecule has 0 radical (unpaired) electrons. The van der Waals surface area contributed by atoms with Crippen LogP contribution in [0.5, 0.6) is 0 Å². The van der Waals surface area contributed by atoms with E-state index in [-0.39, 0.29) is 11.4 Å². The van der Waals surface area contributed by atoms with E-state index in [4.69, 9.17) is 0 Å². The highest BCUT2D eigenvalue weighted by Gasteiger charge is 2.46. The van der Waals surface area contributed by atoms with Gasteiger partial charge in [-0.25, -0.2) is 0 Å². The predicted octanol–water partition coefficient (Wildman–Crippen LogP) is 0.592. The lowest BCUT2D eigenvalue weighted by atomic mass is 9.87. The topological polar surface area (TPSA) is 64.2 Å². The third-order valence-electron chi connectivity index (χ3n) is 6.50. The van der Waals surface area contributed by atoms with Crippen molar-refractivity contribution < 1.29 is 13.2 Å². The zero-order valence-electron chi connectivity index (χ0n) is 15.8. The Bertz CT molecular complexity index is 603. The van der Waals surface area contributed by atoms with Crippen LogP contribution in [0.2, 0.25) is 0 Å². The summed E-state index contributed by atoms with van der Waals surface area (Å²) in [5, 5.41) is 0. The van der Waals surface area contributed by atoms with Crippen molar-refractivity contribution in [1.82, 2.24) is 18.4 Å². The minimum absolute atomic E-state index is 0.162. The Kier molecular flexibility index (Phi) is 5.44. The highest BCUT2D eigenvalue weighted by molar-refractivity contribution is 7.86. The second-order valence-electron chi connectivity index (χ2n) is 8.13.